The molecule has 2 aliphatic rings. The Morgan fingerprint density at radius 1 is 1.39 bits per heavy atom. The Labute approximate surface area is 119 Å². The molecule has 1 aliphatic heterocycles. The van der Waals surface area contributed by atoms with E-state index in [0.717, 1.165) is 13.0 Å². The standard InChI is InChI=1S/C14H13BrN2S/c15-10-4-1-3-8-9(10)7-12-13(8)17-14(18-12)11-5-2-6-16-11/h1,3-4,11,16H,2,5-7H2. The maximum Gasteiger partial charge on any atom is 0.111 e. The quantitative estimate of drug-likeness (QED) is 0.735. The van der Waals surface area contributed by atoms with E-state index < -0.39 is 0 Å². The van der Waals surface area contributed by atoms with Gasteiger partial charge in [-0.25, -0.2) is 4.98 Å². The molecule has 0 amide bonds. The summed E-state index contributed by atoms with van der Waals surface area (Å²) in [5.41, 5.74) is 3.94. The number of hydrogen-bond donors (Lipinski definition) is 1. The molecule has 0 bridgehead atoms. The first kappa shape index (κ1) is 11.1. The molecule has 1 aromatic heterocycles. The Balaban J connectivity index is 1.79. The van der Waals surface area contributed by atoms with Crippen LogP contribution in [0.1, 0.15) is 34.3 Å². The number of thiazole rings is 1. The molecule has 1 aliphatic carbocycles. The predicted molar refractivity (Wildman–Crippen MR) is 78.0 cm³/mol. The highest BCUT2D eigenvalue weighted by atomic mass is 79.9. The third kappa shape index (κ3) is 1.59. The maximum atomic E-state index is 4.89. The summed E-state index contributed by atoms with van der Waals surface area (Å²) >= 11 is 5.53. The van der Waals surface area contributed by atoms with Crippen molar-refractivity contribution in [1.82, 2.24) is 10.3 Å². The third-order valence-electron chi connectivity index (χ3n) is 3.78. The Hall–Kier alpha value is -0.710. The van der Waals surface area contributed by atoms with Crippen molar-refractivity contribution in [1.29, 1.82) is 0 Å². The van der Waals surface area contributed by atoms with Crippen molar-refractivity contribution >= 4 is 27.3 Å². The van der Waals surface area contributed by atoms with Gasteiger partial charge in [0.05, 0.1) is 11.7 Å². The average molecular weight is 321 g/mol. The van der Waals surface area contributed by atoms with Crippen molar-refractivity contribution in [2.75, 3.05) is 6.54 Å². The molecule has 0 radical (unpaired) electrons. The van der Waals surface area contributed by atoms with Gasteiger partial charge in [-0.3, -0.25) is 0 Å². The predicted octanol–water partition coefficient (Wildman–Crippen LogP) is 3.90. The van der Waals surface area contributed by atoms with Crippen LogP contribution in [0.3, 0.4) is 0 Å². The number of rotatable bonds is 1. The highest BCUT2D eigenvalue weighted by molar-refractivity contribution is 9.10. The van der Waals surface area contributed by atoms with Crippen LogP contribution in [0.4, 0.5) is 0 Å². The summed E-state index contributed by atoms with van der Waals surface area (Å²) in [5.74, 6) is 0. The van der Waals surface area contributed by atoms with Crippen LogP contribution in [-0.2, 0) is 6.42 Å². The molecule has 18 heavy (non-hydrogen) atoms. The average Bonchev–Trinajstić information content (AvgIpc) is 3.03. The molecule has 2 nitrogen and oxygen atoms in total. The molecule has 4 rings (SSSR count). The van der Waals surface area contributed by atoms with Crippen LogP contribution < -0.4 is 5.32 Å². The van der Waals surface area contributed by atoms with Gasteiger partial charge in [-0.1, -0.05) is 28.1 Å². The summed E-state index contributed by atoms with van der Waals surface area (Å²) in [4.78, 5) is 6.32. The minimum atomic E-state index is 0.496. The molecule has 1 N–H and O–H groups in total. The van der Waals surface area contributed by atoms with E-state index in [1.807, 2.05) is 11.3 Å². The first-order chi connectivity index (χ1) is 8.83. The van der Waals surface area contributed by atoms with Gasteiger partial charge >= 0.3 is 0 Å². The molecule has 1 saturated heterocycles. The normalized spacial score (nSPS) is 21.1. The number of nitrogens with one attached hydrogen (secondary N) is 1. The van der Waals surface area contributed by atoms with E-state index in [1.165, 1.54) is 44.0 Å². The highest BCUT2D eigenvalue weighted by Crippen LogP contribution is 2.43. The fourth-order valence-corrected chi connectivity index (χ4v) is 4.57. The zero-order chi connectivity index (χ0) is 12.1. The SMILES string of the molecule is Brc1cccc2c1Cc1sc(C3CCCN3)nc1-2. The van der Waals surface area contributed by atoms with Gasteiger partial charge in [0.2, 0.25) is 0 Å². The van der Waals surface area contributed by atoms with Crippen LogP contribution in [0.2, 0.25) is 0 Å². The Bertz CT molecular complexity index is 614. The van der Waals surface area contributed by atoms with Gasteiger partial charge in [-0.15, -0.1) is 11.3 Å². The van der Waals surface area contributed by atoms with E-state index in [2.05, 4.69) is 39.4 Å². The number of halogens is 1. The number of fused-ring (bicyclic) bond motifs is 3. The van der Waals surface area contributed by atoms with E-state index in [9.17, 15) is 0 Å². The molecule has 2 aromatic rings. The monoisotopic (exact) mass is 320 g/mol. The smallest absolute Gasteiger partial charge is 0.111 e. The van der Waals surface area contributed by atoms with E-state index >= 15 is 0 Å². The summed E-state index contributed by atoms with van der Waals surface area (Å²) in [7, 11) is 0. The van der Waals surface area contributed by atoms with Crippen molar-refractivity contribution in [3.8, 4) is 11.3 Å². The second-order valence-corrected chi connectivity index (χ2v) is 6.89. The maximum absolute atomic E-state index is 4.89. The molecular weight excluding hydrogens is 308 g/mol. The highest BCUT2D eigenvalue weighted by Gasteiger charge is 2.28. The minimum Gasteiger partial charge on any atom is -0.308 e. The lowest BCUT2D eigenvalue weighted by molar-refractivity contribution is 0.643. The molecule has 0 saturated carbocycles. The molecule has 4 heteroatoms. The summed E-state index contributed by atoms with van der Waals surface area (Å²) in [5, 5.41) is 4.82. The lowest BCUT2D eigenvalue weighted by Crippen LogP contribution is -2.12. The van der Waals surface area contributed by atoms with E-state index in [1.54, 1.807) is 0 Å². The Kier molecular flexibility index (Phi) is 2.57. The van der Waals surface area contributed by atoms with Crippen LogP contribution in [0.5, 0.6) is 0 Å². The summed E-state index contributed by atoms with van der Waals surface area (Å²) in [6.07, 6.45) is 3.55. The van der Waals surface area contributed by atoms with Crippen LogP contribution >= 0.6 is 27.3 Å². The molecule has 2 heterocycles. The fraction of sp³-hybridized carbons (Fsp3) is 0.357. The van der Waals surface area contributed by atoms with Crippen molar-refractivity contribution in [3.05, 3.63) is 38.1 Å². The van der Waals surface area contributed by atoms with Crippen LogP contribution in [-0.4, -0.2) is 11.5 Å². The third-order valence-corrected chi connectivity index (χ3v) is 5.70. The second-order valence-electron chi connectivity index (χ2n) is 4.92. The van der Waals surface area contributed by atoms with Crippen molar-refractivity contribution < 1.29 is 0 Å². The van der Waals surface area contributed by atoms with Gasteiger partial charge in [-0.2, -0.15) is 0 Å². The molecule has 1 fully saturated rings. The zero-order valence-electron chi connectivity index (χ0n) is 9.87. The lowest BCUT2D eigenvalue weighted by atomic mass is 10.1. The van der Waals surface area contributed by atoms with Gasteiger partial charge < -0.3 is 5.32 Å². The van der Waals surface area contributed by atoms with Crippen LogP contribution in [0, 0.1) is 0 Å². The molecule has 1 unspecified atom stereocenters. The first-order valence-corrected chi connectivity index (χ1v) is 7.94. The van der Waals surface area contributed by atoms with E-state index in [4.69, 9.17) is 4.98 Å². The van der Waals surface area contributed by atoms with Crippen molar-refractivity contribution in [3.63, 3.8) is 0 Å². The summed E-state index contributed by atoms with van der Waals surface area (Å²) in [6.45, 7) is 1.14. The molecule has 1 aromatic carbocycles. The number of benzene rings is 1. The van der Waals surface area contributed by atoms with E-state index in [0.29, 0.717) is 6.04 Å². The Morgan fingerprint density at radius 3 is 3.17 bits per heavy atom. The fourth-order valence-electron chi connectivity index (χ4n) is 2.87. The lowest BCUT2D eigenvalue weighted by Gasteiger charge is -2.06. The van der Waals surface area contributed by atoms with Gasteiger partial charge in [0.15, 0.2) is 0 Å². The molecule has 1 atom stereocenters. The van der Waals surface area contributed by atoms with Crippen LogP contribution in [0.15, 0.2) is 22.7 Å². The molecular formula is C14H13BrN2S. The van der Waals surface area contributed by atoms with Gasteiger partial charge in [0.1, 0.15) is 5.01 Å². The number of nitrogens with zero attached hydrogens (tertiary/aromatic N) is 1. The zero-order valence-corrected chi connectivity index (χ0v) is 12.3. The largest absolute Gasteiger partial charge is 0.308 e. The molecule has 0 spiro atoms. The Morgan fingerprint density at radius 2 is 2.33 bits per heavy atom. The number of hydrogen-bond acceptors (Lipinski definition) is 3. The van der Waals surface area contributed by atoms with Crippen molar-refractivity contribution in [2.24, 2.45) is 0 Å². The number of aromatic nitrogens is 1. The first-order valence-electron chi connectivity index (χ1n) is 6.33. The van der Waals surface area contributed by atoms with Gasteiger partial charge in [-0.05, 0) is 31.0 Å². The van der Waals surface area contributed by atoms with Gasteiger partial charge in [0.25, 0.3) is 0 Å². The topological polar surface area (TPSA) is 24.9 Å². The van der Waals surface area contributed by atoms with Gasteiger partial charge in [0, 0.05) is 21.3 Å². The van der Waals surface area contributed by atoms with E-state index in [-0.39, 0.29) is 0 Å². The summed E-state index contributed by atoms with van der Waals surface area (Å²) in [6, 6.07) is 6.91. The second kappa shape index (κ2) is 4.15. The van der Waals surface area contributed by atoms with Crippen LogP contribution in [0.25, 0.3) is 11.3 Å². The summed E-state index contributed by atoms with van der Waals surface area (Å²) < 4.78 is 1.21. The molecule has 92 valence electrons. The van der Waals surface area contributed by atoms with Crippen molar-refractivity contribution in [2.45, 2.75) is 25.3 Å². The minimum absolute atomic E-state index is 0.496.